The van der Waals surface area contributed by atoms with Gasteiger partial charge >= 0.3 is 12.1 Å². The van der Waals surface area contributed by atoms with E-state index in [9.17, 15) is 14.7 Å². The van der Waals surface area contributed by atoms with Crippen LogP contribution in [0.25, 0.3) is 0 Å². The lowest BCUT2D eigenvalue weighted by Gasteiger charge is -2.35. The first-order valence-corrected chi connectivity index (χ1v) is 12.4. The monoisotopic (exact) mass is 502 g/mol. The van der Waals surface area contributed by atoms with E-state index in [0.29, 0.717) is 37.7 Å². The molecule has 0 bridgehead atoms. The number of hydrogen-bond acceptors (Lipinski definition) is 4. The van der Waals surface area contributed by atoms with Crippen molar-refractivity contribution in [3.63, 3.8) is 0 Å². The number of carboxylic acid groups (broad SMARTS) is 1. The summed E-state index contributed by atoms with van der Waals surface area (Å²) >= 11 is 11.9. The van der Waals surface area contributed by atoms with Crippen molar-refractivity contribution in [2.45, 2.75) is 73.0 Å². The van der Waals surface area contributed by atoms with Crippen LogP contribution in [-0.2, 0) is 16.0 Å². The molecule has 0 spiro atoms. The Morgan fingerprint density at radius 1 is 1.09 bits per heavy atom. The number of aryl methyl sites for hydroxylation is 2. The highest BCUT2D eigenvalue weighted by Crippen LogP contribution is 2.32. The zero-order chi connectivity index (χ0) is 25.4. The number of ether oxygens (including phenoxy) is 1. The van der Waals surface area contributed by atoms with Gasteiger partial charge < -0.3 is 20.1 Å². The zero-order valence-corrected chi connectivity index (χ0v) is 22.5. The third kappa shape index (κ3) is 10.0. The van der Waals surface area contributed by atoms with Gasteiger partial charge in [0.25, 0.3) is 0 Å². The average Bonchev–Trinajstić information content (AvgIpc) is 2.64. The number of benzene rings is 1. The molecule has 1 unspecified atom stereocenters. The molecule has 1 amide bonds. The van der Waals surface area contributed by atoms with Crippen LogP contribution in [-0.4, -0.2) is 53.7 Å². The maximum atomic E-state index is 12.5. The van der Waals surface area contributed by atoms with E-state index in [4.69, 9.17) is 27.9 Å². The van der Waals surface area contributed by atoms with Crippen molar-refractivity contribution < 1.29 is 19.4 Å². The molecule has 0 aliphatic carbocycles. The lowest BCUT2D eigenvalue weighted by molar-refractivity contribution is -0.147. The summed E-state index contributed by atoms with van der Waals surface area (Å²) < 4.78 is 5.42. The van der Waals surface area contributed by atoms with Crippen molar-refractivity contribution in [3.8, 4) is 0 Å². The van der Waals surface area contributed by atoms with Gasteiger partial charge in [0.1, 0.15) is 5.60 Å². The van der Waals surface area contributed by atoms with E-state index >= 15 is 0 Å². The SMILES string of the molecule is Cc1ccc(N(CCCl)CCCl)cc1CC[C@@H](NC(=O)OC(C)(C)C)C(C(=O)O)C(C)(C)C. The topological polar surface area (TPSA) is 78.9 Å². The zero-order valence-electron chi connectivity index (χ0n) is 21.0. The molecule has 0 aliphatic rings. The molecule has 1 aromatic carbocycles. The first kappa shape index (κ1) is 29.4. The first-order chi connectivity index (χ1) is 15.2. The molecule has 0 saturated heterocycles. The van der Waals surface area contributed by atoms with Crippen LogP contribution < -0.4 is 10.2 Å². The number of aliphatic carboxylic acids is 1. The van der Waals surface area contributed by atoms with Crippen LogP contribution in [0.1, 0.15) is 59.1 Å². The van der Waals surface area contributed by atoms with E-state index in [2.05, 4.69) is 22.3 Å². The predicted octanol–water partition coefficient (Wildman–Crippen LogP) is 5.85. The second kappa shape index (κ2) is 12.7. The van der Waals surface area contributed by atoms with Crippen LogP contribution in [0, 0.1) is 18.3 Å². The summed E-state index contributed by atoms with van der Waals surface area (Å²) in [6.07, 6.45) is 0.460. The van der Waals surface area contributed by atoms with E-state index in [-0.39, 0.29) is 0 Å². The summed E-state index contributed by atoms with van der Waals surface area (Å²) in [6.45, 7) is 14.4. The number of nitrogens with one attached hydrogen (secondary N) is 1. The van der Waals surface area contributed by atoms with Gasteiger partial charge in [-0.25, -0.2) is 4.79 Å². The Bertz CT molecular complexity index is 782. The highest BCUT2D eigenvalue weighted by atomic mass is 35.5. The van der Waals surface area contributed by atoms with Gasteiger partial charge in [-0.3, -0.25) is 4.79 Å². The van der Waals surface area contributed by atoms with Gasteiger partial charge in [0.2, 0.25) is 0 Å². The molecule has 0 radical (unpaired) electrons. The Hall–Kier alpha value is -1.66. The van der Waals surface area contributed by atoms with Crippen LogP contribution in [0.2, 0.25) is 0 Å². The third-order valence-corrected chi connectivity index (χ3v) is 5.77. The minimum Gasteiger partial charge on any atom is -0.481 e. The van der Waals surface area contributed by atoms with E-state index in [0.717, 1.165) is 16.8 Å². The Balaban J connectivity index is 3.19. The van der Waals surface area contributed by atoms with Crippen LogP contribution in [0.4, 0.5) is 10.5 Å². The number of halogens is 2. The molecule has 0 saturated carbocycles. The fourth-order valence-corrected chi connectivity index (χ4v) is 4.34. The number of rotatable bonds is 11. The quantitative estimate of drug-likeness (QED) is 0.370. The first-order valence-electron chi connectivity index (χ1n) is 11.4. The van der Waals surface area contributed by atoms with Gasteiger partial charge in [0, 0.05) is 36.6 Å². The maximum Gasteiger partial charge on any atom is 0.407 e. The van der Waals surface area contributed by atoms with Gasteiger partial charge in [-0.1, -0.05) is 26.8 Å². The number of hydrogen-bond donors (Lipinski definition) is 2. The Morgan fingerprint density at radius 3 is 2.12 bits per heavy atom. The summed E-state index contributed by atoms with van der Waals surface area (Å²) in [5.74, 6) is -0.733. The minimum absolute atomic E-state index is 0.461. The van der Waals surface area contributed by atoms with E-state index in [1.807, 2.05) is 33.8 Å². The van der Waals surface area contributed by atoms with Crippen molar-refractivity contribution in [1.82, 2.24) is 5.32 Å². The molecule has 2 atom stereocenters. The van der Waals surface area contributed by atoms with Crippen molar-refractivity contribution in [3.05, 3.63) is 29.3 Å². The molecule has 0 aliphatic heterocycles. The van der Waals surface area contributed by atoms with E-state index < -0.39 is 35.0 Å². The van der Waals surface area contributed by atoms with Crippen LogP contribution >= 0.6 is 23.2 Å². The summed E-state index contributed by atoms with van der Waals surface area (Å²) in [5.41, 5.74) is 2.00. The number of carbonyl (C=O) groups excluding carboxylic acids is 1. The molecule has 1 rings (SSSR count). The average molecular weight is 504 g/mol. The van der Waals surface area contributed by atoms with Crippen LogP contribution in [0.5, 0.6) is 0 Å². The molecule has 6 nitrogen and oxygen atoms in total. The summed E-state index contributed by atoms with van der Waals surface area (Å²) in [6, 6.07) is 5.60. The third-order valence-electron chi connectivity index (χ3n) is 5.43. The largest absolute Gasteiger partial charge is 0.481 e. The number of alkyl halides is 2. The van der Waals surface area contributed by atoms with E-state index in [1.165, 1.54) is 0 Å². The van der Waals surface area contributed by atoms with Gasteiger partial charge in [0.05, 0.1) is 5.92 Å². The molecule has 2 N–H and O–H groups in total. The molecule has 0 aromatic heterocycles. The van der Waals surface area contributed by atoms with Gasteiger partial charge in [0.15, 0.2) is 0 Å². The van der Waals surface area contributed by atoms with Crippen LogP contribution in [0.15, 0.2) is 18.2 Å². The van der Waals surface area contributed by atoms with Crippen molar-refractivity contribution in [2.24, 2.45) is 11.3 Å². The predicted molar refractivity (Wildman–Crippen MR) is 137 cm³/mol. The smallest absolute Gasteiger partial charge is 0.407 e. The molecule has 8 heteroatoms. The Morgan fingerprint density at radius 2 is 1.67 bits per heavy atom. The molecular formula is C25H40Cl2N2O4. The molecule has 33 heavy (non-hydrogen) atoms. The number of carboxylic acids is 1. The molecule has 0 heterocycles. The highest BCUT2D eigenvalue weighted by molar-refractivity contribution is 6.18. The summed E-state index contributed by atoms with van der Waals surface area (Å²) in [5, 5.41) is 12.8. The van der Waals surface area contributed by atoms with Crippen molar-refractivity contribution in [1.29, 1.82) is 0 Å². The standard InChI is InChI=1S/C25H40Cl2N2O4/c1-17-8-10-19(29(14-12-26)15-13-27)16-18(17)9-11-20(21(22(30)31)24(2,3)4)28-23(32)33-25(5,6)7/h8,10,16,20-21H,9,11-15H2,1-7H3,(H,28,32)(H,30,31)/t20-,21?/m1/s1. The number of nitrogens with zero attached hydrogens (tertiary/aromatic N) is 1. The summed E-state index contributed by atoms with van der Waals surface area (Å²) in [7, 11) is 0. The van der Waals surface area contributed by atoms with Gasteiger partial charge in [-0.15, -0.1) is 23.2 Å². The van der Waals surface area contributed by atoms with Gasteiger partial charge in [-0.05, 0) is 69.2 Å². The maximum absolute atomic E-state index is 12.5. The molecule has 0 fully saturated rings. The lowest BCUT2D eigenvalue weighted by atomic mass is 9.74. The second-order valence-corrected chi connectivity index (χ2v) is 11.2. The number of amides is 1. The van der Waals surface area contributed by atoms with Crippen molar-refractivity contribution >= 4 is 41.0 Å². The minimum atomic E-state index is -0.940. The van der Waals surface area contributed by atoms with Crippen molar-refractivity contribution in [2.75, 3.05) is 29.7 Å². The number of anilines is 1. The lowest BCUT2D eigenvalue weighted by Crippen LogP contribution is -2.50. The fraction of sp³-hybridized carbons (Fsp3) is 0.680. The van der Waals surface area contributed by atoms with Gasteiger partial charge in [-0.2, -0.15) is 0 Å². The highest BCUT2D eigenvalue weighted by Gasteiger charge is 2.39. The van der Waals surface area contributed by atoms with E-state index in [1.54, 1.807) is 20.8 Å². The normalized spacial score (nSPS) is 13.8. The summed E-state index contributed by atoms with van der Waals surface area (Å²) in [4.78, 5) is 26.9. The number of carbonyl (C=O) groups is 2. The molecule has 188 valence electrons. The molecular weight excluding hydrogens is 463 g/mol. The molecule has 1 aromatic rings. The Kier molecular flexibility index (Phi) is 11.3. The number of alkyl carbamates (subject to hydrolysis) is 1. The second-order valence-electron chi connectivity index (χ2n) is 10.4. The fourth-order valence-electron chi connectivity index (χ4n) is 3.94. The Labute approximate surface area is 209 Å². The van der Waals surface area contributed by atoms with Crippen LogP contribution in [0.3, 0.4) is 0 Å².